The third kappa shape index (κ3) is 1.18. The molecule has 0 aromatic heterocycles. The summed E-state index contributed by atoms with van der Waals surface area (Å²) in [4.78, 5) is 10.7. The Morgan fingerprint density at radius 2 is 2.20 bits per heavy atom. The minimum atomic E-state index is -0.933. The summed E-state index contributed by atoms with van der Waals surface area (Å²) < 4.78 is 0. The van der Waals surface area contributed by atoms with Gasteiger partial charge in [-0.1, -0.05) is 0 Å². The highest BCUT2D eigenvalue weighted by Crippen LogP contribution is 2.07. The van der Waals surface area contributed by atoms with Crippen molar-refractivity contribution in [2.24, 2.45) is 0 Å². The van der Waals surface area contributed by atoms with Crippen LogP contribution in [-0.4, -0.2) is 40.8 Å². The van der Waals surface area contributed by atoms with Crippen LogP contribution in [0, 0.1) is 0 Å². The van der Waals surface area contributed by atoms with Crippen LogP contribution in [0.25, 0.3) is 0 Å². The van der Waals surface area contributed by atoms with Crippen molar-refractivity contribution in [3.8, 4) is 0 Å². The van der Waals surface area contributed by atoms with E-state index in [4.69, 9.17) is 10.2 Å². The van der Waals surface area contributed by atoms with E-state index in [1.165, 1.54) is 6.92 Å². The van der Waals surface area contributed by atoms with Crippen LogP contribution in [0.3, 0.4) is 0 Å². The molecule has 1 saturated heterocycles. The predicted octanol–water partition coefficient (Wildman–Crippen LogP) is -1.73. The molecule has 1 rings (SSSR count). The maximum absolute atomic E-state index is 10.7. The average molecular weight is 145 g/mol. The van der Waals surface area contributed by atoms with Crippen molar-refractivity contribution in [2.75, 3.05) is 6.54 Å². The molecule has 4 heteroatoms. The molecule has 0 aromatic carbocycles. The first-order chi connectivity index (χ1) is 4.63. The summed E-state index contributed by atoms with van der Waals surface area (Å²) in [6, 6.07) is -0.574. The summed E-state index contributed by atoms with van der Waals surface area (Å²) in [7, 11) is 0. The lowest BCUT2D eigenvalue weighted by molar-refractivity contribution is -0.121. The van der Waals surface area contributed by atoms with Gasteiger partial charge in [-0.25, -0.2) is 0 Å². The molecule has 0 spiro atoms. The molecule has 0 saturated carbocycles. The molecule has 0 amide bonds. The molecule has 0 radical (unpaired) electrons. The first-order valence-corrected chi connectivity index (χ1v) is 3.23. The number of Topliss-reactive ketones (excluding diaryl/α,β-unsaturated/α-hetero) is 1. The van der Waals surface area contributed by atoms with Gasteiger partial charge in [0.15, 0.2) is 0 Å². The standard InChI is InChI=1S/C6H11NO3/c1-3(8)5-6(10)4(9)2-7-5/h4-7,9-10H,2H2,1H3/t4-,5?,6+/m1/s1. The summed E-state index contributed by atoms with van der Waals surface area (Å²) in [5.74, 6) is -0.135. The molecule has 1 unspecified atom stereocenters. The number of hydrogen-bond acceptors (Lipinski definition) is 4. The van der Waals surface area contributed by atoms with E-state index in [2.05, 4.69) is 5.32 Å². The number of rotatable bonds is 1. The van der Waals surface area contributed by atoms with Gasteiger partial charge in [0, 0.05) is 6.54 Å². The van der Waals surface area contributed by atoms with Crippen molar-refractivity contribution < 1.29 is 15.0 Å². The Kier molecular flexibility index (Phi) is 2.03. The number of β-amino-alcohol motifs (C(OH)–C–C–N with tert-alkyl or cyclic N) is 1. The van der Waals surface area contributed by atoms with Gasteiger partial charge in [0.05, 0.1) is 12.1 Å². The second-order valence-electron chi connectivity index (χ2n) is 2.55. The van der Waals surface area contributed by atoms with Gasteiger partial charge in [0.2, 0.25) is 0 Å². The Bertz CT molecular complexity index is 148. The first-order valence-electron chi connectivity index (χ1n) is 3.23. The van der Waals surface area contributed by atoms with E-state index in [9.17, 15) is 4.79 Å². The molecule has 58 valence electrons. The number of carbonyl (C=O) groups is 1. The molecule has 4 nitrogen and oxygen atoms in total. The Labute approximate surface area is 58.9 Å². The van der Waals surface area contributed by atoms with E-state index >= 15 is 0 Å². The van der Waals surface area contributed by atoms with Gasteiger partial charge in [-0.2, -0.15) is 0 Å². The summed E-state index contributed by atoms with van der Waals surface area (Å²) in [6.07, 6.45) is -1.73. The largest absolute Gasteiger partial charge is 0.389 e. The fraction of sp³-hybridized carbons (Fsp3) is 0.833. The van der Waals surface area contributed by atoms with E-state index in [0.717, 1.165) is 0 Å². The van der Waals surface area contributed by atoms with Crippen LogP contribution in [-0.2, 0) is 4.79 Å². The molecule has 3 N–H and O–H groups in total. The average Bonchev–Trinajstić information content (AvgIpc) is 2.14. The second kappa shape index (κ2) is 2.65. The summed E-state index contributed by atoms with van der Waals surface area (Å²) in [6.45, 7) is 1.68. The van der Waals surface area contributed by atoms with Crippen LogP contribution < -0.4 is 5.32 Å². The van der Waals surface area contributed by atoms with Crippen LogP contribution in [0.1, 0.15) is 6.92 Å². The highest BCUT2D eigenvalue weighted by atomic mass is 16.3. The molecule has 1 heterocycles. The van der Waals surface area contributed by atoms with Crippen molar-refractivity contribution in [2.45, 2.75) is 25.2 Å². The van der Waals surface area contributed by atoms with Gasteiger partial charge in [-0.15, -0.1) is 0 Å². The van der Waals surface area contributed by atoms with Gasteiger partial charge >= 0.3 is 0 Å². The zero-order valence-corrected chi connectivity index (χ0v) is 5.74. The summed E-state index contributed by atoms with van der Waals surface area (Å²) >= 11 is 0. The molecule has 1 aliphatic heterocycles. The summed E-state index contributed by atoms with van der Waals surface area (Å²) in [5, 5.41) is 20.8. The van der Waals surface area contributed by atoms with Crippen LogP contribution in [0.2, 0.25) is 0 Å². The summed E-state index contributed by atoms with van der Waals surface area (Å²) in [5.41, 5.74) is 0. The van der Waals surface area contributed by atoms with E-state index in [0.29, 0.717) is 6.54 Å². The fourth-order valence-corrected chi connectivity index (χ4v) is 1.10. The number of hydrogen-bond donors (Lipinski definition) is 3. The Balaban J connectivity index is 2.57. The second-order valence-corrected chi connectivity index (χ2v) is 2.55. The van der Waals surface area contributed by atoms with E-state index < -0.39 is 18.2 Å². The van der Waals surface area contributed by atoms with Crippen LogP contribution in [0.5, 0.6) is 0 Å². The first kappa shape index (κ1) is 7.65. The van der Waals surface area contributed by atoms with Gasteiger partial charge in [-0.3, -0.25) is 4.79 Å². The van der Waals surface area contributed by atoms with Gasteiger partial charge in [-0.05, 0) is 6.92 Å². The molecular weight excluding hydrogens is 134 g/mol. The van der Waals surface area contributed by atoms with Gasteiger partial charge < -0.3 is 15.5 Å². The maximum atomic E-state index is 10.7. The van der Waals surface area contributed by atoms with Crippen molar-refractivity contribution in [3.05, 3.63) is 0 Å². The number of carbonyl (C=O) groups excluding carboxylic acids is 1. The van der Waals surface area contributed by atoms with E-state index in [1.54, 1.807) is 0 Å². The topological polar surface area (TPSA) is 69.6 Å². The molecule has 0 aromatic rings. The number of aliphatic hydroxyl groups excluding tert-OH is 2. The highest BCUT2D eigenvalue weighted by molar-refractivity contribution is 5.82. The minimum absolute atomic E-state index is 0.135. The molecule has 0 bridgehead atoms. The lowest BCUT2D eigenvalue weighted by Crippen LogP contribution is -2.38. The Morgan fingerprint density at radius 3 is 2.40 bits per heavy atom. The lowest BCUT2D eigenvalue weighted by atomic mass is 10.1. The van der Waals surface area contributed by atoms with Crippen molar-refractivity contribution in [1.29, 1.82) is 0 Å². The number of ketones is 1. The smallest absolute Gasteiger partial charge is 0.149 e. The van der Waals surface area contributed by atoms with Crippen LogP contribution >= 0.6 is 0 Å². The fourth-order valence-electron chi connectivity index (χ4n) is 1.10. The van der Waals surface area contributed by atoms with E-state index in [-0.39, 0.29) is 5.78 Å². The van der Waals surface area contributed by atoms with Crippen LogP contribution in [0.15, 0.2) is 0 Å². The Hall–Kier alpha value is -0.450. The zero-order valence-electron chi connectivity index (χ0n) is 5.74. The lowest BCUT2D eigenvalue weighted by Gasteiger charge is -2.11. The normalized spacial score (nSPS) is 40.1. The monoisotopic (exact) mass is 145 g/mol. The molecule has 3 atom stereocenters. The Morgan fingerprint density at radius 1 is 1.60 bits per heavy atom. The third-order valence-corrected chi connectivity index (χ3v) is 1.72. The van der Waals surface area contributed by atoms with Crippen molar-refractivity contribution in [1.82, 2.24) is 5.32 Å². The SMILES string of the molecule is CC(=O)C1NC[C@@H](O)[C@@H]1O. The van der Waals surface area contributed by atoms with Crippen molar-refractivity contribution >= 4 is 5.78 Å². The number of nitrogens with one attached hydrogen (secondary N) is 1. The number of aliphatic hydroxyl groups is 2. The molecule has 1 fully saturated rings. The molecular formula is C6H11NO3. The van der Waals surface area contributed by atoms with E-state index in [1.807, 2.05) is 0 Å². The third-order valence-electron chi connectivity index (χ3n) is 1.72. The van der Waals surface area contributed by atoms with Crippen LogP contribution in [0.4, 0.5) is 0 Å². The van der Waals surface area contributed by atoms with Gasteiger partial charge in [0.1, 0.15) is 11.9 Å². The molecule has 0 aliphatic carbocycles. The van der Waals surface area contributed by atoms with Crippen molar-refractivity contribution in [3.63, 3.8) is 0 Å². The maximum Gasteiger partial charge on any atom is 0.149 e. The minimum Gasteiger partial charge on any atom is -0.389 e. The molecule has 1 aliphatic rings. The van der Waals surface area contributed by atoms with Gasteiger partial charge in [0.25, 0.3) is 0 Å². The quantitative estimate of drug-likeness (QED) is 0.410. The zero-order chi connectivity index (χ0) is 7.72. The highest BCUT2D eigenvalue weighted by Gasteiger charge is 2.35. The molecule has 10 heavy (non-hydrogen) atoms. The predicted molar refractivity (Wildman–Crippen MR) is 34.5 cm³/mol.